The van der Waals surface area contributed by atoms with Crippen molar-refractivity contribution in [3.8, 4) is 28.3 Å². The highest BCUT2D eigenvalue weighted by atomic mass is 32.2. The number of rotatable bonds is 7. The van der Waals surface area contributed by atoms with Crippen molar-refractivity contribution in [1.29, 1.82) is 5.26 Å². The van der Waals surface area contributed by atoms with Crippen molar-refractivity contribution in [2.24, 2.45) is 12.8 Å². The maximum absolute atomic E-state index is 9.61. The summed E-state index contributed by atoms with van der Waals surface area (Å²) < 4.78 is 1.75. The van der Waals surface area contributed by atoms with Crippen LogP contribution in [-0.2, 0) is 13.6 Å². The fourth-order valence-corrected chi connectivity index (χ4v) is 4.88. The summed E-state index contributed by atoms with van der Waals surface area (Å²) in [5.41, 5.74) is 11.2. The summed E-state index contributed by atoms with van der Waals surface area (Å²) in [6.45, 7) is 4.54. The van der Waals surface area contributed by atoms with Crippen LogP contribution in [-0.4, -0.2) is 62.1 Å². The Morgan fingerprint density at radius 1 is 1.00 bits per heavy atom. The van der Waals surface area contributed by atoms with E-state index in [1.807, 2.05) is 43.8 Å². The molecule has 0 aromatic carbocycles. The van der Waals surface area contributed by atoms with Crippen LogP contribution in [0.3, 0.4) is 0 Å². The first-order valence-electron chi connectivity index (χ1n) is 12.3. The third kappa shape index (κ3) is 5.54. The summed E-state index contributed by atoms with van der Waals surface area (Å²) >= 11 is 1.71. The quantitative estimate of drug-likeness (QED) is 0.285. The van der Waals surface area contributed by atoms with Gasteiger partial charge in [-0.15, -0.1) is 11.8 Å². The van der Waals surface area contributed by atoms with Crippen molar-refractivity contribution < 1.29 is 0 Å². The average molecular weight is 524 g/mol. The molecule has 4 aromatic rings. The molecule has 9 nitrogen and oxygen atoms in total. The molecule has 192 valence electrons. The maximum atomic E-state index is 9.61. The normalized spacial score (nSPS) is 14.4. The van der Waals surface area contributed by atoms with Crippen LogP contribution in [0.4, 0.5) is 5.82 Å². The Morgan fingerprint density at radius 2 is 1.82 bits per heavy atom. The summed E-state index contributed by atoms with van der Waals surface area (Å²) in [6.07, 6.45) is 12.6. The molecule has 38 heavy (non-hydrogen) atoms. The number of aromatic nitrogens is 5. The van der Waals surface area contributed by atoms with Gasteiger partial charge in [0.05, 0.1) is 23.2 Å². The minimum atomic E-state index is 0.315. The summed E-state index contributed by atoms with van der Waals surface area (Å²) in [4.78, 5) is 19.9. The zero-order valence-corrected chi connectivity index (χ0v) is 22.3. The highest BCUT2D eigenvalue weighted by Crippen LogP contribution is 2.32. The van der Waals surface area contributed by atoms with Gasteiger partial charge in [0.2, 0.25) is 0 Å². The molecule has 10 heteroatoms. The molecule has 5 heterocycles. The molecule has 0 saturated carbocycles. The van der Waals surface area contributed by atoms with Gasteiger partial charge in [-0.3, -0.25) is 19.5 Å². The van der Waals surface area contributed by atoms with Gasteiger partial charge >= 0.3 is 0 Å². The Labute approximate surface area is 226 Å². The van der Waals surface area contributed by atoms with Gasteiger partial charge in [0.1, 0.15) is 11.9 Å². The molecule has 0 spiro atoms. The molecule has 1 aliphatic heterocycles. The van der Waals surface area contributed by atoms with Crippen LogP contribution in [0.25, 0.3) is 27.8 Å². The molecule has 0 atom stereocenters. The lowest BCUT2D eigenvalue weighted by atomic mass is 9.98. The number of nitriles is 1. The molecule has 2 N–H and O–H groups in total. The molecular formula is C28H29N9S. The van der Waals surface area contributed by atoms with E-state index in [2.05, 4.69) is 49.3 Å². The largest absolute Gasteiger partial charge is 0.403 e. The molecular weight excluding hydrogens is 494 g/mol. The van der Waals surface area contributed by atoms with Gasteiger partial charge in [-0.2, -0.15) is 10.4 Å². The van der Waals surface area contributed by atoms with Crippen LogP contribution in [0.1, 0.15) is 11.4 Å². The summed E-state index contributed by atoms with van der Waals surface area (Å²) in [5.74, 6) is 0.934. The van der Waals surface area contributed by atoms with Gasteiger partial charge in [0, 0.05) is 97.9 Å². The first-order valence-corrected chi connectivity index (χ1v) is 13.5. The molecule has 0 bridgehead atoms. The van der Waals surface area contributed by atoms with Crippen LogP contribution in [0.15, 0.2) is 72.4 Å². The van der Waals surface area contributed by atoms with Gasteiger partial charge in [-0.05, 0) is 36.6 Å². The van der Waals surface area contributed by atoms with E-state index in [0.717, 1.165) is 66.5 Å². The zero-order chi connectivity index (χ0) is 26.5. The smallest absolute Gasteiger partial charge is 0.128 e. The van der Waals surface area contributed by atoms with Crippen molar-refractivity contribution >= 4 is 23.2 Å². The third-order valence-electron chi connectivity index (χ3n) is 6.64. The summed E-state index contributed by atoms with van der Waals surface area (Å²) in [5, 5.41) is 13.9. The van der Waals surface area contributed by atoms with Gasteiger partial charge in [0.25, 0.3) is 0 Å². The lowest BCUT2D eigenvalue weighted by Crippen LogP contribution is -2.46. The molecule has 0 amide bonds. The lowest BCUT2D eigenvalue weighted by Gasteiger charge is -2.35. The molecule has 0 unspecified atom stereocenters. The summed E-state index contributed by atoms with van der Waals surface area (Å²) in [7, 11) is 1.87. The van der Waals surface area contributed by atoms with Gasteiger partial charge in [-0.25, -0.2) is 4.98 Å². The highest BCUT2D eigenvalue weighted by Gasteiger charge is 2.20. The fraction of sp³-hybridized carbons (Fsp3) is 0.250. The van der Waals surface area contributed by atoms with Crippen molar-refractivity contribution in [3.05, 3.63) is 78.9 Å². The predicted octanol–water partition coefficient (Wildman–Crippen LogP) is 3.81. The Balaban J connectivity index is 1.32. The number of pyridine rings is 3. The standard InChI is InChI=1S/C28H29N9S/c1-35-18-23(16-34-35)21-11-26(28(33-15-21)22(12-29)13-30)20-3-6-27(32-14-20)37-9-7-36(8-10-37)19-24-4-5-25(38-2)17-31-24/h3-6,11-12,14-18H,7-10,19,29H2,1-2H3. The lowest BCUT2D eigenvalue weighted by molar-refractivity contribution is 0.246. The van der Waals surface area contributed by atoms with E-state index in [1.165, 1.54) is 11.1 Å². The van der Waals surface area contributed by atoms with E-state index in [9.17, 15) is 5.26 Å². The molecule has 1 fully saturated rings. The molecule has 1 aliphatic rings. The predicted molar refractivity (Wildman–Crippen MR) is 151 cm³/mol. The van der Waals surface area contributed by atoms with E-state index in [4.69, 9.17) is 10.7 Å². The Hall–Kier alpha value is -4.20. The fourth-order valence-electron chi connectivity index (χ4n) is 4.52. The number of hydrogen-bond donors (Lipinski definition) is 1. The van der Waals surface area contributed by atoms with Gasteiger partial charge in [-0.1, -0.05) is 0 Å². The number of nitrogens with zero attached hydrogens (tertiary/aromatic N) is 8. The van der Waals surface area contributed by atoms with Crippen LogP contribution in [0.5, 0.6) is 0 Å². The average Bonchev–Trinajstić information content (AvgIpc) is 3.41. The number of nitrogens with two attached hydrogens (primary N) is 1. The number of hydrogen-bond acceptors (Lipinski definition) is 9. The second-order valence-corrected chi connectivity index (χ2v) is 9.95. The van der Waals surface area contributed by atoms with Gasteiger partial charge in [0.15, 0.2) is 0 Å². The molecule has 4 aromatic heterocycles. The summed E-state index contributed by atoms with van der Waals surface area (Å²) in [6, 6.07) is 12.5. The van der Waals surface area contributed by atoms with Gasteiger partial charge < -0.3 is 10.6 Å². The topological polar surface area (TPSA) is 113 Å². The number of anilines is 1. The second kappa shape index (κ2) is 11.5. The van der Waals surface area contributed by atoms with E-state index >= 15 is 0 Å². The first kappa shape index (κ1) is 25.4. The number of thioether (sulfide) groups is 1. The van der Waals surface area contributed by atoms with Crippen LogP contribution >= 0.6 is 11.8 Å². The van der Waals surface area contributed by atoms with E-state index in [1.54, 1.807) is 28.8 Å². The SMILES string of the molecule is CSc1ccc(CN2CCN(c3ccc(-c4cc(-c5cnn(C)c5)cnc4C(C#N)=CN)cn3)CC2)nc1. The third-order valence-corrected chi connectivity index (χ3v) is 7.36. The molecule has 5 rings (SSSR count). The van der Waals surface area contributed by atoms with Crippen LogP contribution < -0.4 is 10.6 Å². The Kier molecular flexibility index (Phi) is 7.67. The van der Waals surface area contributed by atoms with Crippen LogP contribution in [0, 0.1) is 11.3 Å². The van der Waals surface area contributed by atoms with Crippen molar-refractivity contribution in [2.75, 3.05) is 37.3 Å². The van der Waals surface area contributed by atoms with Crippen LogP contribution in [0.2, 0.25) is 0 Å². The zero-order valence-electron chi connectivity index (χ0n) is 21.4. The molecule has 1 saturated heterocycles. The molecule has 0 radical (unpaired) electrons. The Morgan fingerprint density at radius 3 is 2.42 bits per heavy atom. The van der Waals surface area contributed by atoms with Crippen molar-refractivity contribution in [3.63, 3.8) is 0 Å². The number of piperazine rings is 1. The minimum absolute atomic E-state index is 0.315. The highest BCUT2D eigenvalue weighted by molar-refractivity contribution is 7.98. The van der Waals surface area contributed by atoms with Crippen molar-refractivity contribution in [2.45, 2.75) is 11.4 Å². The number of allylic oxidation sites excluding steroid dienone is 1. The van der Waals surface area contributed by atoms with E-state index in [0.29, 0.717) is 11.3 Å². The van der Waals surface area contributed by atoms with E-state index < -0.39 is 0 Å². The Bertz CT molecular complexity index is 1460. The second-order valence-electron chi connectivity index (χ2n) is 9.07. The monoisotopic (exact) mass is 523 g/mol. The first-order chi connectivity index (χ1) is 18.6. The number of aryl methyl sites for hydroxylation is 1. The minimum Gasteiger partial charge on any atom is -0.403 e. The maximum Gasteiger partial charge on any atom is 0.128 e. The molecule has 0 aliphatic carbocycles. The van der Waals surface area contributed by atoms with Crippen molar-refractivity contribution in [1.82, 2.24) is 29.6 Å². The van der Waals surface area contributed by atoms with E-state index in [-0.39, 0.29) is 0 Å².